The maximum atomic E-state index is 12.8. The highest BCUT2D eigenvalue weighted by molar-refractivity contribution is 6.15. The molecule has 0 N–H and O–H groups in total. The number of aryl methyl sites for hydroxylation is 2. The Hall–Kier alpha value is -2.49. The lowest BCUT2D eigenvalue weighted by Gasteiger charge is -2.06. The van der Waals surface area contributed by atoms with Gasteiger partial charge in [0.1, 0.15) is 5.69 Å². The molecule has 3 rings (SSSR count). The van der Waals surface area contributed by atoms with E-state index in [9.17, 15) is 4.79 Å². The summed E-state index contributed by atoms with van der Waals surface area (Å²) in [6.07, 6.45) is 3.40. The van der Waals surface area contributed by atoms with Crippen molar-refractivity contribution < 1.29 is 4.79 Å². The van der Waals surface area contributed by atoms with Crippen molar-refractivity contribution in [2.45, 2.75) is 20.4 Å². The van der Waals surface area contributed by atoms with Crippen LogP contribution in [0.1, 0.15) is 28.7 Å². The summed E-state index contributed by atoms with van der Waals surface area (Å²) in [4.78, 5) is 16.9. The molecule has 1 aromatic carbocycles. The molecule has 0 bridgehead atoms. The van der Waals surface area contributed by atoms with E-state index in [1.165, 1.54) is 0 Å². The lowest BCUT2D eigenvalue weighted by Crippen LogP contribution is -2.11. The van der Waals surface area contributed by atoms with E-state index in [4.69, 9.17) is 0 Å². The van der Waals surface area contributed by atoms with Gasteiger partial charge in [-0.15, -0.1) is 0 Å². The van der Waals surface area contributed by atoms with Crippen molar-refractivity contribution in [2.75, 3.05) is 0 Å². The number of nitrogens with zero attached hydrogens (tertiary/aromatic N) is 3. The molecule has 4 heteroatoms. The highest BCUT2D eigenvalue weighted by atomic mass is 16.1. The van der Waals surface area contributed by atoms with Crippen LogP contribution in [0.25, 0.3) is 10.8 Å². The molecule has 0 amide bonds. The van der Waals surface area contributed by atoms with Crippen molar-refractivity contribution >= 4 is 16.6 Å². The molecule has 0 aliphatic carbocycles. The maximum Gasteiger partial charge on any atom is 0.213 e. The molecule has 0 saturated carbocycles. The number of fused-ring (bicyclic) bond motifs is 1. The van der Waals surface area contributed by atoms with Crippen molar-refractivity contribution in [3.05, 3.63) is 59.7 Å². The Kier molecular flexibility index (Phi) is 3.06. The first kappa shape index (κ1) is 12.5. The Morgan fingerprint density at radius 3 is 2.85 bits per heavy atom. The SMILES string of the molecule is CCn1nc(C)cc1C(=O)c1cncc2ccccc12. The quantitative estimate of drug-likeness (QED) is 0.684. The Labute approximate surface area is 117 Å². The van der Waals surface area contributed by atoms with Crippen molar-refractivity contribution in [3.8, 4) is 0 Å². The zero-order valence-electron chi connectivity index (χ0n) is 11.5. The second-order valence-corrected chi connectivity index (χ2v) is 4.72. The normalized spacial score (nSPS) is 10.9. The number of aromatic nitrogens is 3. The van der Waals surface area contributed by atoms with Crippen LogP contribution in [0, 0.1) is 6.92 Å². The number of rotatable bonds is 3. The van der Waals surface area contributed by atoms with Crippen LogP contribution < -0.4 is 0 Å². The van der Waals surface area contributed by atoms with E-state index in [1.807, 2.05) is 44.2 Å². The number of pyridine rings is 1. The summed E-state index contributed by atoms with van der Waals surface area (Å²) in [5.74, 6) is -0.0308. The predicted octanol–water partition coefficient (Wildman–Crippen LogP) is 2.99. The number of carbonyl (C=O) groups is 1. The third-order valence-corrected chi connectivity index (χ3v) is 3.35. The number of benzene rings is 1. The van der Waals surface area contributed by atoms with Crippen LogP contribution in [-0.2, 0) is 6.54 Å². The van der Waals surface area contributed by atoms with Crippen LogP contribution in [0.3, 0.4) is 0 Å². The van der Waals surface area contributed by atoms with Gasteiger partial charge in [0.15, 0.2) is 0 Å². The van der Waals surface area contributed by atoms with Gasteiger partial charge in [-0.05, 0) is 25.3 Å². The van der Waals surface area contributed by atoms with Crippen molar-refractivity contribution in [3.63, 3.8) is 0 Å². The summed E-state index contributed by atoms with van der Waals surface area (Å²) >= 11 is 0. The van der Waals surface area contributed by atoms with E-state index in [2.05, 4.69) is 10.1 Å². The number of carbonyl (C=O) groups excluding carboxylic acids is 1. The van der Waals surface area contributed by atoms with Crippen LogP contribution in [-0.4, -0.2) is 20.5 Å². The first-order valence-corrected chi connectivity index (χ1v) is 6.62. The molecule has 0 fully saturated rings. The first-order chi connectivity index (χ1) is 9.70. The van der Waals surface area contributed by atoms with E-state index >= 15 is 0 Å². The van der Waals surface area contributed by atoms with Crippen molar-refractivity contribution in [2.24, 2.45) is 0 Å². The molecular formula is C16H15N3O. The van der Waals surface area contributed by atoms with E-state index in [0.717, 1.165) is 16.5 Å². The number of hydrogen-bond acceptors (Lipinski definition) is 3. The van der Waals surface area contributed by atoms with Gasteiger partial charge < -0.3 is 0 Å². The second-order valence-electron chi connectivity index (χ2n) is 4.72. The Bertz CT molecular complexity index is 784. The van der Waals surface area contributed by atoms with Gasteiger partial charge in [0, 0.05) is 24.3 Å². The van der Waals surface area contributed by atoms with Crippen LogP contribution in [0.2, 0.25) is 0 Å². The van der Waals surface area contributed by atoms with Crippen LogP contribution in [0.15, 0.2) is 42.7 Å². The Morgan fingerprint density at radius 2 is 2.05 bits per heavy atom. The molecule has 2 heterocycles. The summed E-state index contributed by atoms with van der Waals surface area (Å²) in [7, 11) is 0. The molecule has 2 aromatic heterocycles. The molecule has 0 spiro atoms. The molecule has 0 radical (unpaired) electrons. The highest BCUT2D eigenvalue weighted by Gasteiger charge is 2.17. The highest BCUT2D eigenvalue weighted by Crippen LogP contribution is 2.20. The summed E-state index contributed by atoms with van der Waals surface area (Å²) < 4.78 is 1.74. The summed E-state index contributed by atoms with van der Waals surface area (Å²) in [6, 6.07) is 9.61. The molecule has 0 unspecified atom stereocenters. The topological polar surface area (TPSA) is 47.8 Å². The Balaban J connectivity index is 2.17. The monoisotopic (exact) mass is 265 g/mol. The lowest BCUT2D eigenvalue weighted by molar-refractivity contribution is 0.103. The molecule has 100 valence electrons. The average molecular weight is 265 g/mol. The summed E-state index contributed by atoms with van der Waals surface area (Å²) in [6.45, 7) is 4.54. The second kappa shape index (κ2) is 4.89. The minimum absolute atomic E-state index is 0.0308. The standard InChI is InChI=1S/C16H15N3O/c1-3-19-15(8-11(2)18-19)16(20)14-10-17-9-12-6-4-5-7-13(12)14/h4-10H,3H2,1-2H3. The molecule has 20 heavy (non-hydrogen) atoms. The molecule has 4 nitrogen and oxygen atoms in total. The van der Waals surface area contributed by atoms with Crippen LogP contribution in [0.5, 0.6) is 0 Å². The predicted molar refractivity (Wildman–Crippen MR) is 77.8 cm³/mol. The van der Waals surface area contributed by atoms with Gasteiger partial charge in [-0.2, -0.15) is 5.10 Å². The van der Waals surface area contributed by atoms with Gasteiger partial charge >= 0.3 is 0 Å². The zero-order valence-corrected chi connectivity index (χ0v) is 11.5. The molecule has 0 aliphatic rings. The summed E-state index contributed by atoms with van der Waals surface area (Å²) in [5, 5.41) is 6.23. The van der Waals surface area contributed by atoms with Crippen LogP contribution in [0.4, 0.5) is 0 Å². The van der Waals surface area contributed by atoms with Gasteiger partial charge in [-0.3, -0.25) is 14.5 Å². The fourth-order valence-corrected chi connectivity index (χ4v) is 2.40. The molecule has 0 aliphatic heterocycles. The van der Waals surface area contributed by atoms with Gasteiger partial charge in [0.2, 0.25) is 5.78 Å². The zero-order chi connectivity index (χ0) is 14.1. The lowest BCUT2D eigenvalue weighted by atomic mass is 10.0. The van der Waals surface area contributed by atoms with Gasteiger partial charge in [-0.25, -0.2) is 0 Å². The third-order valence-electron chi connectivity index (χ3n) is 3.35. The minimum atomic E-state index is -0.0308. The average Bonchev–Trinajstić information content (AvgIpc) is 2.87. The van der Waals surface area contributed by atoms with E-state index < -0.39 is 0 Å². The fraction of sp³-hybridized carbons (Fsp3) is 0.188. The van der Waals surface area contributed by atoms with Crippen LogP contribution >= 0.6 is 0 Å². The molecule has 0 atom stereocenters. The number of ketones is 1. The van der Waals surface area contributed by atoms with Crippen molar-refractivity contribution in [1.29, 1.82) is 0 Å². The molecule has 3 aromatic rings. The molecule has 0 saturated heterocycles. The first-order valence-electron chi connectivity index (χ1n) is 6.62. The molecular weight excluding hydrogens is 250 g/mol. The number of hydrogen-bond donors (Lipinski definition) is 0. The maximum absolute atomic E-state index is 12.8. The van der Waals surface area contributed by atoms with E-state index in [0.29, 0.717) is 17.8 Å². The van der Waals surface area contributed by atoms with Gasteiger partial charge in [0.25, 0.3) is 0 Å². The fourth-order valence-electron chi connectivity index (χ4n) is 2.40. The van der Waals surface area contributed by atoms with E-state index in [-0.39, 0.29) is 5.78 Å². The summed E-state index contributed by atoms with van der Waals surface area (Å²) in [5.41, 5.74) is 2.09. The smallest absolute Gasteiger partial charge is 0.213 e. The van der Waals surface area contributed by atoms with Gasteiger partial charge in [-0.1, -0.05) is 24.3 Å². The van der Waals surface area contributed by atoms with Crippen molar-refractivity contribution in [1.82, 2.24) is 14.8 Å². The Morgan fingerprint density at radius 1 is 1.25 bits per heavy atom. The minimum Gasteiger partial charge on any atom is -0.287 e. The van der Waals surface area contributed by atoms with E-state index in [1.54, 1.807) is 17.1 Å². The third kappa shape index (κ3) is 1.99. The largest absolute Gasteiger partial charge is 0.287 e. The van der Waals surface area contributed by atoms with Gasteiger partial charge in [0.05, 0.1) is 11.3 Å².